The summed E-state index contributed by atoms with van der Waals surface area (Å²) in [5.41, 5.74) is 5.08. The van der Waals surface area contributed by atoms with Gasteiger partial charge in [0.2, 0.25) is 0 Å². The first kappa shape index (κ1) is 14.3. The number of hydrogen-bond acceptors (Lipinski definition) is 1. The topological polar surface area (TPSA) is 20.3 Å². The summed E-state index contributed by atoms with van der Waals surface area (Å²) >= 11 is 0. The first-order valence-corrected chi connectivity index (χ1v) is 6.99. The van der Waals surface area contributed by atoms with Crippen molar-refractivity contribution in [1.29, 1.82) is 0 Å². The summed E-state index contributed by atoms with van der Waals surface area (Å²) < 4.78 is 0. The number of aryl methyl sites for hydroxylation is 3. The molecule has 2 aromatic rings. The summed E-state index contributed by atoms with van der Waals surface area (Å²) in [5, 5.41) is 0. The van der Waals surface area contributed by atoms with Crippen molar-refractivity contribution in [3.63, 3.8) is 0 Å². The SMILES string of the molecule is CCN(C(=O)c1ccccc1C)c1cc(C)ccc1C. The molecule has 20 heavy (non-hydrogen) atoms. The summed E-state index contributed by atoms with van der Waals surface area (Å²) in [5.74, 6) is 0.0688. The molecule has 0 bridgehead atoms. The van der Waals surface area contributed by atoms with E-state index in [1.807, 2.05) is 49.9 Å². The standard InChI is InChI=1S/C18H21NO/c1-5-19(17-12-13(2)10-11-15(17)4)18(20)16-9-7-6-8-14(16)3/h6-12H,5H2,1-4H3. The number of hydrogen-bond donors (Lipinski definition) is 0. The van der Waals surface area contributed by atoms with Gasteiger partial charge in [0.15, 0.2) is 0 Å². The van der Waals surface area contributed by atoms with E-state index in [-0.39, 0.29) is 5.91 Å². The summed E-state index contributed by atoms with van der Waals surface area (Å²) in [7, 11) is 0. The summed E-state index contributed by atoms with van der Waals surface area (Å²) in [4.78, 5) is 14.6. The zero-order valence-electron chi connectivity index (χ0n) is 12.6. The first-order valence-electron chi connectivity index (χ1n) is 6.99. The molecule has 0 atom stereocenters. The molecule has 0 N–H and O–H groups in total. The Morgan fingerprint density at radius 2 is 1.70 bits per heavy atom. The van der Waals surface area contributed by atoms with E-state index in [2.05, 4.69) is 25.1 Å². The van der Waals surface area contributed by atoms with Crippen molar-refractivity contribution in [3.8, 4) is 0 Å². The summed E-state index contributed by atoms with van der Waals surface area (Å²) in [6, 6.07) is 14.0. The van der Waals surface area contributed by atoms with Crippen LogP contribution >= 0.6 is 0 Å². The Hall–Kier alpha value is -2.09. The lowest BCUT2D eigenvalue weighted by Crippen LogP contribution is -2.31. The van der Waals surface area contributed by atoms with Gasteiger partial charge in [0.1, 0.15) is 0 Å². The fourth-order valence-electron chi connectivity index (χ4n) is 2.39. The van der Waals surface area contributed by atoms with Gasteiger partial charge in [-0.25, -0.2) is 0 Å². The maximum Gasteiger partial charge on any atom is 0.258 e. The molecule has 0 aliphatic heterocycles. The fraction of sp³-hybridized carbons (Fsp3) is 0.278. The van der Waals surface area contributed by atoms with E-state index >= 15 is 0 Å². The molecule has 0 saturated heterocycles. The molecule has 2 aromatic carbocycles. The van der Waals surface area contributed by atoms with E-state index in [0.717, 1.165) is 22.4 Å². The van der Waals surface area contributed by atoms with Gasteiger partial charge in [0, 0.05) is 17.8 Å². The fourth-order valence-corrected chi connectivity index (χ4v) is 2.39. The molecule has 0 aliphatic rings. The van der Waals surface area contributed by atoms with Crippen molar-refractivity contribution in [2.75, 3.05) is 11.4 Å². The molecular weight excluding hydrogens is 246 g/mol. The monoisotopic (exact) mass is 267 g/mol. The zero-order chi connectivity index (χ0) is 14.7. The highest BCUT2D eigenvalue weighted by atomic mass is 16.2. The Balaban J connectivity index is 2.45. The molecule has 2 heteroatoms. The smallest absolute Gasteiger partial charge is 0.258 e. The number of nitrogens with zero attached hydrogens (tertiary/aromatic N) is 1. The second-order valence-electron chi connectivity index (χ2n) is 5.15. The quantitative estimate of drug-likeness (QED) is 0.813. The minimum Gasteiger partial charge on any atom is -0.308 e. The van der Waals surface area contributed by atoms with Crippen LogP contribution in [-0.2, 0) is 0 Å². The number of carbonyl (C=O) groups is 1. The maximum absolute atomic E-state index is 12.8. The Kier molecular flexibility index (Phi) is 4.23. The number of amides is 1. The van der Waals surface area contributed by atoms with Crippen LogP contribution in [0.5, 0.6) is 0 Å². The minimum atomic E-state index is 0.0688. The Morgan fingerprint density at radius 1 is 1.00 bits per heavy atom. The van der Waals surface area contributed by atoms with Crippen molar-refractivity contribution < 1.29 is 4.79 Å². The molecule has 0 aromatic heterocycles. The van der Waals surface area contributed by atoms with Gasteiger partial charge in [-0.15, -0.1) is 0 Å². The first-order chi connectivity index (χ1) is 9.54. The third-order valence-corrected chi connectivity index (χ3v) is 3.59. The van der Waals surface area contributed by atoms with Crippen LogP contribution in [0.25, 0.3) is 0 Å². The van der Waals surface area contributed by atoms with E-state index in [1.54, 1.807) is 0 Å². The van der Waals surface area contributed by atoms with E-state index in [9.17, 15) is 4.79 Å². The second kappa shape index (κ2) is 5.91. The summed E-state index contributed by atoms with van der Waals surface area (Å²) in [6.07, 6.45) is 0. The Bertz CT molecular complexity index is 631. The lowest BCUT2D eigenvalue weighted by Gasteiger charge is -2.24. The highest BCUT2D eigenvalue weighted by Gasteiger charge is 2.19. The van der Waals surface area contributed by atoms with Gasteiger partial charge in [0.05, 0.1) is 0 Å². The van der Waals surface area contributed by atoms with Gasteiger partial charge in [-0.3, -0.25) is 4.79 Å². The van der Waals surface area contributed by atoms with E-state index in [4.69, 9.17) is 0 Å². The number of benzene rings is 2. The van der Waals surface area contributed by atoms with Crippen LogP contribution in [0.15, 0.2) is 42.5 Å². The number of rotatable bonds is 3. The third-order valence-electron chi connectivity index (χ3n) is 3.59. The zero-order valence-corrected chi connectivity index (χ0v) is 12.6. The molecular formula is C18H21NO. The minimum absolute atomic E-state index is 0.0688. The van der Waals surface area contributed by atoms with Crippen molar-refractivity contribution in [2.45, 2.75) is 27.7 Å². The largest absolute Gasteiger partial charge is 0.308 e. The van der Waals surface area contributed by atoms with Crippen LogP contribution in [0.4, 0.5) is 5.69 Å². The molecule has 0 saturated carbocycles. The van der Waals surface area contributed by atoms with Gasteiger partial charge in [-0.05, 0) is 56.5 Å². The van der Waals surface area contributed by atoms with Gasteiger partial charge < -0.3 is 4.90 Å². The average Bonchev–Trinajstić information content (AvgIpc) is 2.44. The van der Waals surface area contributed by atoms with Gasteiger partial charge in [-0.1, -0.05) is 30.3 Å². The lowest BCUT2D eigenvalue weighted by molar-refractivity contribution is 0.0987. The van der Waals surface area contributed by atoms with Crippen LogP contribution in [0.1, 0.15) is 34.0 Å². The van der Waals surface area contributed by atoms with Gasteiger partial charge in [-0.2, -0.15) is 0 Å². The molecule has 0 fully saturated rings. The number of carbonyl (C=O) groups excluding carboxylic acids is 1. The molecule has 2 nitrogen and oxygen atoms in total. The lowest BCUT2D eigenvalue weighted by atomic mass is 10.1. The van der Waals surface area contributed by atoms with Crippen LogP contribution in [0, 0.1) is 20.8 Å². The predicted octanol–water partition coefficient (Wildman–Crippen LogP) is 4.28. The van der Waals surface area contributed by atoms with Crippen LogP contribution in [-0.4, -0.2) is 12.5 Å². The molecule has 0 unspecified atom stereocenters. The normalized spacial score (nSPS) is 10.4. The Labute approximate surface area is 121 Å². The van der Waals surface area contributed by atoms with Crippen LogP contribution < -0.4 is 4.90 Å². The third kappa shape index (κ3) is 2.74. The Morgan fingerprint density at radius 3 is 2.35 bits per heavy atom. The highest BCUT2D eigenvalue weighted by molar-refractivity contribution is 6.07. The summed E-state index contributed by atoms with van der Waals surface area (Å²) in [6.45, 7) is 8.75. The molecule has 0 spiro atoms. The van der Waals surface area contributed by atoms with Crippen molar-refractivity contribution in [3.05, 3.63) is 64.7 Å². The van der Waals surface area contributed by atoms with Gasteiger partial charge >= 0.3 is 0 Å². The molecule has 0 aliphatic carbocycles. The molecule has 0 radical (unpaired) electrons. The number of anilines is 1. The van der Waals surface area contributed by atoms with Crippen molar-refractivity contribution in [1.82, 2.24) is 0 Å². The van der Waals surface area contributed by atoms with Crippen molar-refractivity contribution >= 4 is 11.6 Å². The van der Waals surface area contributed by atoms with Gasteiger partial charge in [0.25, 0.3) is 5.91 Å². The molecule has 2 rings (SSSR count). The molecule has 104 valence electrons. The maximum atomic E-state index is 12.8. The van der Waals surface area contributed by atoms with Crippen LogP contribution in [0.2, 0.25) is 0 Å². The van der Waals surface area contributed by atoms with Crippen molar-refractivity contribution in [2.24, 2.45) is 0 Å². The predicted molar refractivity (Wildman–Crippen MR) is 84.4 cm³/mol. The van der Waals surface area contributed by atoms with E-state index in [0.29, 0.717) is 6.54 Å². The molecule has 0 heterocycles. The highest BCUT2D eigenvalue weighted by Crippen LogP contribution is 2.24. The van der Waals surface area contributed by atoms with E-state index in [1.165, 1.54) is 5.56 Å². The second-order valence-corrected chi connectivity index (χ2v) is 5.15. The molecule has 1 amide bonds. The van der Waals surface area contributed by atoms with Crippen LogP contribution in [0.3, 0.4) is 0 Å². The average molecular weight is 267 g/mol. The van der Waals surface area contributed by atoms with E-state index < -0.39 is 0 Å².